The van der Waals surface area contributed by atoms with E-state index in [9.17, 15) is 4.79 Å². The summed E-state index contributed by atoms with van der Waals surface area (Å²) in [5.41, 5.74) is 2.01. The van der Waals surface area contributed by atoms with Crippen LogP contribution in [0.1, 0.15) is 6.92 Å². The lowest BCUT2D eigenvalue weighted by atomic mass is 10.2. The number of rotatable bonds is 4. The van der Waals surface area contributed by atoms with Crippen LogP contribution in [0, 0.1) is 0 Å². The first-order valence-corrected chi connectivity index (χ1v) is 10.0. The van der Waals surface area contributed by atoms with Crippen LogP contribution in [0.4, 0.5) is 11.6 Å². The molecule has 30 heavy (non-hydrogen) atoms. The molecule has 148 valence electrons. The van der Waals surface area contributed by atoms with Crippen molar-refractivity contribution in [2.75, 3.05) is 5.32 Å². The van der Waals surface area contributed by atoms with E-state index in [4.69, 9.17) is 9.97 Å². The molecule has 5 aromatic rings. The molecule has 5 rings (SSSR count). The molecule has 1 aromatic carbocycles. The average Bonchev–Trinajstić information content (AvgIpc) is 3.36. The van der Waals surface area contributed by atoms with E-state index in [0.717, 1.165) is 22.0 Å². The Morgan fingerprint density at radius 2 is 2.03 bits per heavy atom. The Balaban J connectivity index is 1.77. The van der Waals surface area contributed by atoms with E-state index in [1.165, 1.54) is 6.20 Å². The van der Waals surface area contributed by atoms with Crippen molar-refractivity contribution in [2.45, 2.75) is 13.5 Å². The molecular formula is C20H15BrN8O. The van der Waals surface area contributed by atoms with E-state index < -0.39 is 5.56 Å². The number of benzene rings is 1. The lowest BCUT2D eigenvalue weighted by molar-refractivity contribution is 0.660. The number of anilines is 2. The minimum absolute atomic E-state index is 0.288. The molecule has 0 saturated carbocycles. The third kappa shape index (κ3) is 3.11. The second-order valence-electron chi connectivity index (χ2n) is 6.50. The van der Waals surface area contributed by atoms with Gasteiger partial charge in [0.15, 0.2) is 11.5 Å². The predicted octanol–water partition coefficient (Wildman–Crippen LogP) is 3.42. The molecule has 0 aliphatic rings. The third-order valence-electron chi connectivity index (χ3n) is 4.60. The highest BCUT2D eigenvalue weighted by Gasteiger charge is 2.17. The summed E-state index contributed by atoms with van der Waals surface area (Å²) in [5, 5.41) is 12.8. The van der Waals surface area contributed by atoms with Crippen molar-refractivity contribution >= 4 is 44.1 Å². The van der Waals surface area contributed by atoms with Crippen LogP contribution in [0.15, 0.2) is 64.3 Å². The average molecular weight is 463 g/mol. The molecule has 10 heteroatoms. The number of fused-ring (bicyclic) bond motifs is 3. The van der Waals surface area contributed by atoms with Crippen LogP contribution >= 0.6 is 15.9 Å². The zero-order valence-corrected chi connectivity index (χ0v) is 17.4. The first kappa shape index (κ1) is 18.4. The molecular weight excluding hydrogens is 448 g/mol. The number of nitrogens with zero attached hydrogens (tertiary/aromatic N) is 7. The summed E-state index contributed by atoms with van der Waals surface area (Å²) in [5.74, 6) is 0.877. The van der Waals surface area contributed by atoms with E-state index >= 15 is 0 Å². The Kier molecular flexibility index (Phi) is 4.47. The van der Waals surface area contributed by atoms with Gasteiger partial charge in [0.1, 0.15) is 5.69 Å². The molecule has 0 spiro atoms. The number of hydrogen-bond donors (Lipinski definition) is 1. The molecule has 0 radical (unpaired) electrons. The second kappa shape index (κ2) is 7.30. The molecule has 0 saturated heterocycles. The van der Waals surface area contributed by atoms with Gasteiger partial charge in [-0.25, -0.2) is 15.0 Å². The Hall–Kier alpha value is -3.66. The van der Waals surface area contributed by atoms with Crippen molar-refractivity contribution in [1.82, 2.24) is 34.3 Å². The summed E-state index contributed by atoms with van der Waals surface area (Å²) in [6.45, 7) is 2.77. The van der Waals surface area contributed by atoms with Crippen molar-refractivity contribution in [3.05, 3.63) is 69.8 Å². The molecule has 0 unspecified atom stereocenters. The number of halogens is 1. The van der Waals surface area contributed by atoms with Crippen molar-refractivity contribution in [2.24, 2.45) is 0 Å². The van der Waals surface area contributed by atoms with Crippen LogP contribution in [0.3, 0.4) is 0 Å². The van der Waals surface area contributed by atoms with E-state index in [1.807, 2.05) is 36.0 Å². The summed E-state index contributed by atoms with van der Waals surface area (Å²) in [6.07, 6.45) is 5.07. The second-order valence-corrected chi connectivity index (χ2v) is 7.35. The Bertz CT molecular complexity index is 1460. The molecule has 0 aliphatic carbocycles. The zero-order chi connectivity index (χ0) is 20.7. The molecule has 1 N–H and O–H groups in total. The Morgan fingerprint density at radius 3 is 2.87 bits per heavy atom. The number of aryl methyl sites for hydroxylation is 1. The van der Waals surface area contributed by atoms with Crippen molar-refractivity contribution in [1.29, 1.82) is 0 Å². The van der Waals surface area contributed by atoms with Gasteiger partial charge in [0, 0.05) is 28.8 Å². The van der Waals surface area contributed by atoms with Gasteiger partial charge in [-0.2, -0.15) is 9.61 Å². The van der Waals surface area contributed by atoms with Crippen molar-refractivity contribution < 1.29 is 0 Å². The van der Waals surface area contributed by atoms with Crippen molar-refractivity contribution in [3.8, 4) is 11.4 Å². The summed E-state index contributed by atoms with van der Waals surface area (Å²) in [6, 6.07) is 10.8. The minimum atomic E-state index is -0.397. The first-order chi connectivity index (χ1) is 14.6. The minimum Gasteiger partial charge on any atom is -0.319 e. The van der Waals surface area contributed by atoms with Gasteiger partial charge < -0.3 is 5.32 Å². The van der Waals surface area contributed by atoms with Gasteiger partial charge >= 0.3 is 0 Å². The zero-order valence-electron chi connectivity index (χ0n) is 15.8. The smallest absolute Gasteiger partial charge is 0.293 e. The third-order valence-corrected chi connectivity index (χ3v) is 5.24. The van der Waals surface area contributed by atoms with E-state index in [-0.39, 0.29) is 5.69 Å². The van der Waals surface area contributed by atoms with E-state index in [2.05, 4.69) is 36.4 Å². The van der Waals surface area contributed by atoms with Crippen LogP contribution < -0.4 is 10.9 Å². The molecule has 0 amide bonds. The quantitative estimate of drug-likeness (QED) is 0.436. The molecule has 0 aliphatic heterocycles. The predicted molar refractivity (Wildman–Crippen MR) is 117 cm³/mol. The Morgan fingerprint density at radius 1 is 1.13 bits per heavy atom. The number of aromatic nitrogens is 7. The molecule has 9 nitrogen and oxygen atoms in total. The largest absolute Gasteiger partial charge is 0.319 e. The van der Waals surface area contributed by atoms with Gasteiger partial charge in [-0.05, 0) is 47.1 Å². The molecule has 4 aromatic heterocycles. The first-order valence-electron chi connectivity index (χ1n) is 9.24. The Labute approximate surface area is 178 Å². The molecule has 0 bridgehead atoms. The highest BCUT2D eigenvalue weighted by atomic mass is 79.9. The summed E-state index contributed by atoms with van der Waals surface area (Å²) in [7, 11) is 0. The SMILES string of the molecule is CCn1cc(-c2nc3c4cccc(Br)c4nc(Nc4ccccnc4=O)n3n2)cn1. The van der Waals surface area contributed by atoms with Crippen LogP contribution in [-0.4, -0.2) is 34.3 Å². The summed E-state index contributed by atoms with van der Waals surface area (Å²) >= 11 is 3.55. The molecule has 0 fully saturated rings. The number of nitrogens with one attached hydrogen (secondary N) is 1. The van der Waals surface area contributed by atoms with Gasteiger partial charge in [-0.1, -0.05) is 12.1 Å². The topological polar surface area (TPSA) is 103 Å². The van der Waals surface area contributed by atoms with E-state index in [0.29, 0.717) is 22.9 Å². The molecule has 4 heterocycles. The lowest BCUT2D eigenvalue weighted by Crippen LogP contribution is -2.11. The highest BCUT2D eigenvalue weighted by molar-refractivity contribution is 9.10. The summed E-state index contributed by atoms with van der Waals surface area (Å²) in [4.78, 5) is 25.6. The van der Waals surface area contributed by atoms with Gasteiger partial charge in [-0.15, -0.1) is 5.10 Å². The van der Waals surface area contributed by atoms with Crippen LogP contribution in [-0.2, 0) is 6.54 Å². The monoisotopic (exact) mass is 462 g/mol. The van der Waals surface area contributed by atoms with Crippen LogP contribution in [0.25, 0.3) is 27.9 Å². The van der Waals surface area contributed by atoms with Gasteiger partial charge in [-0.3, -0.25) is 9.48 Å². The molecule has 0 atom stereocenters. The highest BCUT2D eigenvalue weighted by Crippen LogP contribution is 2.29. The van der Waals surface area contributed by atoms with Crippen LogP contribution in [0.2, 0.25) is 0 Å². The fourth-order valence-corrected chi connectivity index (χ4v) is 3.58. The fraction of sp³-hybridized carbons (Fsp3) is 0.100. The lowest BCUT2D eigenvalue weighted by Gasteiger charge is -2.08. The summed E-state index contributed by atoms with van der Waals surface area (Å²) < 4.78 is 4.22. The normalized spacial score (nSPS) is 11.3. The number of hydrogen-bond acceptors (Lipinski definition) is 7. The standard InChI is InChI=1S/C20H15BrN8O/c1-2-28-11-12(10-23-28)17-26-18-13-6-5-7-14(21)16(13)25-20(29(18)27-17)24-15-8-3-4-9-22-19(15)30/h3-11H,2H2,1H3,(H,22,24,25,30). The number of para-hydroxylation sites is 1. The van der Waals surface area contributed by atoms with Gasteiger partial charge in [0.25, 0.3) is 5.56 Å². The maximum Gasteiger partial charge on any atom is 0.293 e. The maximum atomic E-state index is 12.3. The van der Waals surface area contributed by atoms with E-state index in [1.54, 1.807) is 28.9 Å². The van der Waals surface area contributed by atoms with Crippen LogP contribution in [0.5, 0.6) is 0 Å². The van der Waals surface area contributed by atoms with Gasteiger partial charge in [0.2, 0.25) is 5.95 Å². The van der Waals surface area contributed by atoms with Gasteiger partial charge in [0.05, 0.1) is 17.3 Å². The fourth-order valence-electron chi connectivity index (χ4n) is 3.12. The van der Waals surface area contributed by atoms with Crippen molar-refractivity contribution in [3.63, 3.8) is 0 Å². The maximum absolute atomic E-state index is 12.3.